The van der Waals surface area contributed by atoms with Crippen molar-refractivity contribution < 1.29 is 24.4 Å². The summed E-state index contributed by atoms with van der Waals surface area (Å²) in [6.07, 6.45) is 0. The van der Waals surface area contributed by atoms with E-state index in [-0.39, 0.29) is 11.1 Å². The number of carboxylic acid groups (broad SMARTS) is 1. The second kappa shape index (κ2) is 4.70. The van der Waals surface area contributed by atoms with Crippen LogP contribution in [0.1, 0.15) is 20.7 Å². The molecule has 2 amide bonds. The number of carboxylic acids is 1. The van der Waals surface area contributed by atoms with E-state index in [0.717, 1.165) is 6.07 Å². The predicted molar refractivity (Wildman–Crippen MR) is 64.1 cm³/mol. The molecule has 0 fully saturated rings. The van der Waals surface area contributed by atoms with Gasteiger partial charge in [0, 0.05) is 6.07 Å². The van der Waals surface area contributed by atoms with E-state index in [0.29, 0.717) is 4.90 Å². The zero-order valence-electron chi connectivity index (χ0n) is 9.98. The first-order chi connectivity index (χ1) is 9.34. The Kier molecular flexibility index (Phi) is 3.20. The number of hydrogen-bond donors (Lipinski definition) is 2. The van der Waals surface area contributed by atoms with Crippen molar-refractivity contribution in [3.63, 3.8) is 0 Å². The van der Waals surface area contributed by atoms with Gasteiger partial charge in [0.1, 0.15) is 11.6 Å². The molecule has 3 N–H and O–H groups in total. The lowest BCUT2D eigenvalue weighted by Crippen LogP contribution is -2.45. The van der Waals surface area contributed by atoms with Gasteiger partial charge >= 0.3 is 5.97 Å². The molecule has 2 rings (SSSR count). The minimum Gasteiger partial charge on any atom is -0.480 e. The van der Waals surface area contributed by atoms with Gasteiger partial charge in [0.05, 0.1) is 17.0 Å². The minimum atomic E-state index is -1.45. The molecule has 20 heavy (non-hydrogen) atoms. The normalized spacial score (nSPS) is 15.2. The summed E-state index contributed by atoms with van der Waals surface area (Å²) in [7, 11) is 0. The van der Waals surface area contributed by atoms with E-state index in [9.17, 15) is 24.5 Å². The first kappa shape index (κ1) is 13.6. The van der Waals surface area contributed by atoms with Crippen molar-refractivity contribution in [3.05, 3.63) is 39.4 Å². The monoisotopic (exact) mass is 279 g/mol. The maximum absolute atomic E-state index is 12.0. The third-order valence-corrected chi connectivity index (χ3v) is 2.87. The molecule has 0 spiro atoms. The summed E-state index contributed by atoms with van der Waals surface area (Å²) >= 11 is 0. The molecule has 0 saturated carbocycles. The molecule has 1 aromatic rings. The molecular weight excluding hydrogens is 270 g/mol. The van der Waals surface area contributed by atoms with Crippen LogP contribution in [0.2, 0.25) is 0 Å². The first-order valence-corrected chi connectivity index (χ1v) is 5.46. The van der Waals surface area contributed by atoms with Gasteiger partial charge in [0.25, 0.3) is 17.5 Å². The SMILES string of the molecule is NC(CN1C(=O)c2cccc([N+](=O)[O-])c2C1=O)C(=O)O. The van der Waals surface area contributed by atoms with E-state index in [2.05, 4.69) is 0 Å². The molecule has 1 heterocycles. The summed E-state index contributed by atoms with van der Waals surface area (Å²) in [6.45, 7) is -0.543. The number of nitrogens with two attached hydrogens (primary N) is 1. The Morgan fingerprint density at radius 1 is 1.40 bits per heavy atom. The van der Waals surface area contributed by atoms with Gasteiger partial charge in [0.15, 0.2) is 0 Å². The Labute approximate surface area is 111 Å². The Morgan fingerprint density at radius 2 is 2.05 bits per heavy atom. The van der Waals surface area contributed by atoms with Crippen molar-refractivity contribution in [2.45, 2.75) is 6.04 Å². The summed E-state index contributed by atoms with van der Waals surface area (Å²) in [5.74, 6) is -3.07. The van der Waals surface area contributed by atoms with Crippen LogP contribution in [0, 0.1) is 10.1 Å². The van der Waals surface area contributed by atoms with Gasteiger partial charge in [-0.2, -0.15) is 0 Å². The number of carbonyl (C=O) groups is 3. The molecule has 1 atom stereocenters. The Bertz CT molecular complexity index is 641. The van der Waals surface area contributed by atoms with Crippen molar-refractivity contribution in [2.75, 3.05) is 6.54 Å². The van der Waals surface area contributed by atoms with Gasteiger partial charge in [-0.25, -0.2) is 0 Å². The van der Waals surface area contributed by atoms with E-state index in [1.54, 1.807) is 0 Å². The molecule has 0 aromatic heterocycles. The molecule has 1 aliphatic rings. The number of nitro benzene ring substituents is 1. The third-order valence-electron chi connectivity index (χ3n) is 2.87. The number of benzene rings is 1. The molecule has 0 radical (unpaired) electrons. The molecule has 9 nitrogen and oxygen atoms in total. The Hall–Kier alpha value is -2.81. The number of hydrogen-bond acceptors (Lipinski definition) is 6. The lowest BCUT2D eigenvalue weighted by molar-refractivity contribution is -0.385. The summed E-state index contributed by atoms with van der Waals surface area (Å²) in [5, 5.41) is 19.5. The van der Waals surface area contributed by atoms with Crippen LogP contribution in [0.25, 0.3) is 0 Å². The van der Waals surface area contributed by atoms with E-state index in [4.69, 9.17) is 10.8 Å². The van der Waals surface area contributed by atoms with Gasteiger partial charge < -0.3 is 10.8 Å². The highest BCUT2D eigenvalue weighted by Crippen LogP contribution is 2.30. The summed E-state index contributed by atoms with van der Waals surface area (Å²) in [4.78, 5) is 45.4. The average Bonchev–Trinajstić information content (AvgIpc) is 2.63. The van der Waals surface area contributed by atoms with Gasteiger partial charge in [0.2, 0.25) is 0 Å². The fourth-order valence-electron chi connectivity index (χ4n) is 1.91. The number of imide groups is 1. The summed E-state index contributed by atoms with van der Waals surface area (Å²) in [5.41, 5.74) is 4.32. The standard InChI is InChI=1S/C11H9N3O6/c12-6(11(17)18)4-13-9(15)5-2-1-3-7(14(19)20)8(5)10(13)16/h1-3,6H,4,12H2,(H,17,18). The van der Waals surface area contributed by atoms with E-state index < -0.39 is 41.0 Å². The van der Waals surface area contributed by atoms with Crippen LogP contribution >= 0.6 is 0 Å². The number of carbonyl (C=O) groups excluding carboxylic acids is 2. The average molecular weight is 279 g/mol. The van der Waals surface area contributed by atoms with Crippen LogP contribution in [0.5, 0.6) is 0 Å². The number of amides is 2. The third kappa shape index (κ3) is 1.99. The van der Waals surface area contributed by atoms with Gasteiger partial charge in [-0.3, -0.25) is 29.4 Å². The molecule has 0 bridgehead atoms. The number of fused-ring (bicyclic) bond motifs is 1. The van der Waals surface area contributed by atoms with Gasteiger partial charge in [-0.05, 0) is 6.07 Å². The molecular formula is C11H9N3O6. The maximum atomic E-state index is 12.0. The molecule has 0 saturated heterocycles. The fraction of sp³-hybridized carbons (Fsp3) is 0.182. The van der Waals surface area contributed by atoms with E-state index in [1.807, 2.05) is 0 Å². The highest BCUT2D eigenvalue weighted by molar-refractivity contribution is 6.23. The second-order valence-corrected chi connectivity index (χ2v) is 4.12. The Balaban J connectivity index is 2.43. The molecule has 104 valence electrons. The van der Waals surface area contributed by atoms with Crippen molar-refractivity contribution in [1.82, 2.24) is 4.90 Å². The molecule has 9 heteroatoms. The smallest absolute Gasteiger partial charge is 0.322 e. The van der Waals surface area contributed by atoms with Crippen LogP contribution in [0.3, 0.4) is 0 Å². The molecule has 1 aromatic carbocycles. The summed E-state index contributed by atoms with van der Waals surface area (Å²) in [6, 6.07) is 2.21. The topological polar surface area (TPSA) is 144 Å². The van der Waals surface area contributed by atoms with E-state index in [1.165, 1.54) is 12.1 Å². The number of rotatable bonds is 4. The number of nitrogens with zero attached hydrogens (tertiary/aromatic N) is 2. The highest BCUT2D eigenvalue weighted by atomic mass is 16.6. The van der Waals surface area contributed by atoms with Crippen LogP contribution < -0.4 is 5.73 Å². The minimum absolute atomic E-state index is 0.123. The first-order valence-electron chi connectivity index (χ1n) is 5.46. The van der Waals surface area contributed by atoms with E-state index >= 15 is 0 Å². The Morgan fingerprint density at radius 3 is 2.60 bits per heavy atom. The fourth-order valence-corrected chi connectivity index (χ4v) is 1.91. The number of nitro groups is 1. The second-order valence-electron chi connectivity index (χ2n) is 4.12. The van der Waals surface area contributed by atoms with Crippen LogP contribution in [-0.2, 0) is 4.79 Å². The summed E-state index contributed by atoms with van der Waals surface area (Å²) < 4.78 is 0. The van der Waals surface area contributed by atoms with Crippen LogP contribution in [0.15, 0.2) is 18.2 Å². The molecule has 0 aliphatic carbocycles. The van der Waals surface area contributed by atoms with Crippen molar-refractivity contribution in [2.24, 2.45) is 5.73 Å². The van der Waals surface area contributed by atoms with Crippen molar-refractivity contribution in [3.8, 4) is 0 Å². The molecule has 1 aliphatic heterocycles. The lowest BCUT2D eigenvalue weighted by Gasteiger charge is -2.15. The van der Waals surface area contributed by atoms with Crippen molar-refractivity contribution >= 4 is 23.5 Å². The maximum Gasteiger partial charge on any atom is 0.322 e. The predicted octanol–water partition coefficient (Wildman–Crippen LogP) is -0.397. The van der Waals surface area contributed by atoms with Gasteiger partial charge in [-0.1, -0.05) is 6.07 Å². The zero-order chi connectivity index (χ0) is 15.0. The zero-order valence-corrected chi connectivity index (χ0v) is 9.98. The highest BCUT2D eigenvalue weighted by Gasteiger charge is 2.41. The number of aliphatic carboxylic acids is 1. The quantitative estimate of drug-likeness (QED) is 0.433. The van der Waals surface area contributed by atoms with Gasteiger partial charge in [-0.15, -0.1) is 0 Å². The van der Waals surface area contributed by atoms with Crippen molar-refractivity contribution in [1.29, 1.82) is 0 Å². The van der Waals surface area contributed by atoms with Crippen LogP contribution in [-0.4, -0.2) is 45.3 Å². The lowest BCUT2D eigenvalue weighted by atomic mass is 10.1. The molecule has 1 unspecified atom stereocenters. The van der Waals surface area contributed by atoms with Crippen LogP contribution in [0.4, 0.5) is 5.69 Å². The largest absolute Gasteiger partial charge is 0.480 e.